The number of likely N-dealkylation sites (tertiary alicyclic amines) is 1. The first-order valence-electron chi connectivity index (χ1n) is 8.92. The third-order valence-corrected chi connectivity index (χ3v) is 4.43. The molecule has 7 heteroatoms. The van der Waals surface area contributed by atoms with Crippen LogP contribution in [0.3, 0.4) is 0 Å². The van der Waals surface area contributed by atoms with E-state index in [2.05, 4.69) is 10.5 Å². The largest absolute Gasteiger partial charge is 0.462 e. The van der Waals surface area contributed by atoms with Crippen molar-refractivity contribution in [2.24, 2.45) is 0 Å². The molecule has 0 radical (unpaired) electrons. The quantitative estimate of drug-likeness (QED) is 0.823. The van der Waals surface area contributed by atoms with Crippen molar-refractivity contribution in [1.29, 1.82) is 0 Å². The van der Waals surface area contributed by atoms with E-state index in [0.717, 1.165) is 30.7 Å². The summed E-state index contributed by atoms with van der Waals surface area (Å²) in [6.07, 6.45) is 2.57. The molecule has 1 aromatic carbocycles. The zero-order valence-electron chi connectivity index (χ0n) is 15.0. The van der Waals surface area contributed by atoms with Crippen LogP contribution in [0.15, 0.2) is 34.9 Å². The van der Waals surface area contributed by atoms with Crippen LogP contribution in [0.2, 0.25) is 0 Å². The van der Waals surface area contributed by atoms with Gasteiger partial charge in [0.05, 0.1) is 23.9 Å². The minimum atomic E-state index is -0.373. The molecule has 2 amide bonds. The Balaban J connectivity index is 1.66. The summed E-state index contributed by atoms with van der Waals surface area (Å²) in [5, 5.41) is 6.90. The second-order valence-corrected chi connectivity index (χ2v) is 6.15. The summed E-state index contributed by atoms with van der Waals surface area (Å²) < 4.78 is 10.4. The van der Waals surface area contributed by atoms with Gasteiger partial charge in [-0.2, -0.15) is 0 Å². The standard InChI is InChI=1S/C19H23N3O4/c1-3-14-12-17(26-21-14)16-6-5-11-22(16)19(24)20-15-9-7-13(8-10-15)18(23)25-4-2/h7-10,12,16H,3-6,11H2,1-2H3,(H,20,24)/t16-/m1/s1. The number of ether oxygens (including phenoxy) is 1. The normalized spacial score (nSPS) is 16.5. The van der Waals surface area contributed by atoms with Gasteiger partial charge in [-0.1, -0.05) is 12.1 Å². The Labute approximate surface area is 152 Å². The Bertz CT molecular complexity index is 769. The first-order chi connectivity index (χ1) is 12.6. The Morgan fingerprint density at radius 1 is 1.31 bits per heavy atom. The first-order valence-corrected chi connectivity index (χ1v) is 8.92. The number of urea groups is 1. The lowest BCUT2D eigenvalue weighted by atomic mass is 10.1. The van der Waals surface area contributed by atoms with E-state index in [9.17, 15) is 9.59 Å². The molecule has 0 aliphatic carbocycles. The van der Waals surface area contributed by atoms with Gasteiger partial charge in [0.15, 0.2) is 5.76 Å². The van der Waals surface area contributed by atoms with Gasteiger partial charge in [-0.05, 0) is 50.5 Å². The molecular formula is C19H23N3O4. The highest BCUT2D eigenvalue weighted by Gasteiger charge is 2.32. The predicted molar refractivity (Wildman–Crippen MR) is 96.0 cm³/mol. The second-order valence-electron chi connectivity index (χ2n) is 6.15. The number of nitrogens with zero attached hydrogens (tertiary/aromatic N) is 2. The van der Waals surface area contributed by atoms with Gasteiger partial charge in [-0.25, -0.2) is 9.59 Å². The van der Waals surface area contributed by atoms with E-state index in [-0.39, 0.29) is 18.0 Å². The fraction of sp³-hybridized carbons (Fsp3) is 0.421. The highest BCUT2D eigenvalue weighted by Crippen LogP contribution is 2.32. The molecule has 0 saturated carbocycles. The summed E-state index contributed by atoms with van der Waals surface area (Å²) in [4.78, 5) is 26.1. The van der Waals surface area contributed by atoms with Crippen molar-refractivity contribution in [3.63, 3.8) is 0 Å². The number of esters is 1. The monoisotopic (exact) mass is 357 g/mol. The van der Waals surface area contributed by atoms with Crippen molar-refractivity contribution < 1.29 is 18.8 Å². The predicted octanol–water partition coefficient (Wildman–Crippen LogP) is 3.78. The summed E-state index contributed by atoms with van der Waals surface area (Å²) in [6, 6.07) is 8.30. The van der Waals surface area contributed by atoms with Crippen molar-refractivity contribution in [2.45, 2.75) is 39.2 Å². The Kier molecular flexibility index (Phi) is 5.55. The molecule has 1 saturated heterocycles. The third-order valence-electron chi connectivity index (χ3n) is 4.43. The number of rotatable bonds is 5. The van der Waals surface area contributed by atoms with Gasteiger partial charge in [-0.3, -0.25) is 0 Å². The average Bonchev–Trinajstić information content (AvgIpc) is 3.31. The van der Waals surface area contributed by atoms with Gasteiger partial charge < -0.3 is 19.5 Å². The lowest BCUT2D eigenvalue weighted by Crippen LogP contribution is -2.34. The summed E-state index contributed by atoms with van der Waals surface area (Å²) in [7, 11) is 0. The van der Waals surface area contributed by atoms with Crippen molar-refractivity contribution in [1.82, 2.24) is 10.1 Å². The Morgan fingerprint density at radius 2 is 2.08 bits per heavy atom. The molecule has 1 aromatic heterocycles. The van der Waals surface area contributed by atoms with Gasteiger partial charge in [0, 0.05) is 18.3 Å². The van der Waals surface area contributed by atoms with Crippen LogP contribution in [-0.4, -0.2) is 35.2 Å². The number of anilines is 1. The number of benzene rings is 1. The molecule has 0 unspecified atom stereocenters. The highest BCUT2D eigenvalue weighted by atomic mass is 16.5. The van der Waals surface area contributed by atoms with Crippen LogP contribution < -0.4 is 5.32 Å². The molecule has 3 rings (SSSR count). The topological polar surface area (TPSA) is 84.7 Å². The number of carbonyl (C=O) groups excluding carboxylic acids is 2. The van der Waals surface area contributed by atoms with Gasteiger partial charge in [-0.15, -0.1) is 0 Å². The summed E-state index contributed by atoms with van der Waals surface area (Å²) >= 11 is 0. The van der Waals surface area contributed by atoms with E-state index < -0.39 is 0 Å². The molecule has 1 aliphatic rings. The Hall–Kier alpha value is -2.83. The van der Waals surface area contributed by atoms with Crippen LogP contribution in [-0.2, 0) is 11.2 Å². The third kappa shape index (κ3) is 3.87. The summed E-state index contributed by atoms with van der Waals surface area (Å²) in [5.74, 6) is 0.356. The SMILES string of the molecule is CCOC(=O)c1ccc(NC(=O)N2CCC[C@@H]2c2cc(CC)no2)cc1. The molecule has 1 atom stereocenters. The van der Waals surface area contributed by atoms with E-state index in [1.54, 1.807) is 36.1 Å². The number of aromatic nitrogens is 1. The van der Waals surface area contributed by atoms with Crippen LogP contribution in [0.5, 0.6) is 0 Å². The van der Waals surface area contributed by atoms with Crippen molar-refractivity contribution in [3.05, 3.63) is 47.3 Å². The highest BCUT2D eigenvalue weighted by molar-refractivity contribution is 5.92. The zero-order valence-corrected chi connectivity index (χ0v) is 15.0. The number of hydrogen-bond donors (Lipinski definition) is 1. The molecule has 0 spiro atoms. The van der Waals surface area contributed by atoms with E-state index in [1.165, 1.54) is 0 Å². The maximum atomic E-state index is 12.7. The fourth-order valence-corrected chi connectivity index (χ4v) is 3.06. The van der Waals surface area contributed by atoms with Crippen LogP contribution in [0.25, 0.3) is 0 Å². The molecule has 1 N–H and O–H groups in total. The van der Waals surface area contributed by atoms with Crippen LogP contribution in [0.4, 0.5) is 10.5 Å². The molecule has 7 nitrogen and oxygen atoms in total. The molecule has 26 heavy (non-hydrogen) atoms. The maximum Gasteiger partial charge on any atom is 0.338 e. The average molecular weight is 357 g/mol. The first kappa shape index (κ1) is 18.0. The minimum Gasteiger partial charge on any atom is -0.462 e. The zero-order chi connectivity index (χ0) is 18.5. The summed E-state index contributed by atoms with van der Waals surface area (Å²) in [6.45, 7) is 4.77. The van der Waals surface area contributed by atoms with E-state index >= 15 is 0 Å². The molecule has 2 heterocycles. The molecule has 1 fully saturated rings. The molecule has 0 bridgehead atoms. The number of hydrogen-bond acceptors (Lipinski definition) is 5. The smallest absolute Gasteiger partial charge is 0.338 e. The Morgan fingerprint density at radius 3 is 2.73 bits per heavy atom. The number of carbonyl (C=O) groups is 2. The molecule has 1 aliphatic heterocycles. The lowest BCUT2D eigenvalue weighted by molar-refractivity contribution is 0.0526. The van der Waals surface area contributed by atoms with Crippen LogP contribution in [0.1, 0.15) is 54.5 Å². The lowest BCUT2D eigenvalue weighted by Gasteiger charge is -2.23. The van der Waals surface area contributed by atoms with E-state index in [4.69, 9.17) is 9.26 Å². The van der Waals surface area contributed by atoms with Gasteiger partial charge in [0.2, 0.25) is 0 Å². The minimum absolute atomic E-state index is 0.0957. The maximum absolute atomic E-state index is 12.7. The van der Waals surface area contributed by atoms with Gasteiger partial charge in [0.1, 0.15) is 0 Å². The number of aryl methyl sites for hydroxylation is 1. The summed E-state index contributed by atoms with van der Waals surface area (Å²) in [5.41, 5.74) is 1.97. The van der Waals surface area contributed by atoms with Gasteiger partial charge in [0.25, 0.3) is 0 Å². The van der Waals surface area contributed by atoms with Crippen LogP contribution >= 0.6 is 0 Å². The fourth-order valence-electron chi connectivity index (χ4n) is 3.06. The van der Waals surface area contributed by atoms with Crippen molar-refractivity contribution in [3.8, 4) is 0 Å². The number of amides is 2. The van der Waals surface area contributed by atoms with E-state index in [1.807, 2.05) is 13.0 Å². The molecule has 138 valence electrons. The molecule has 2 aromatic rings. The number of nitrogens with one attached hydrogen (secondary N) is 1. The molecular weight excluding hydrogens is 334 g/mol. The van der Waals surface area contributed by atoms with Crippen molar-refractivity contribution >= 4 is 17.7 Å². The second kappa shape index (κ2) is 8.03. The van der Waals surface area contributed by atoms with Crippen molar-refractivity contribution in [2.75, 3.05) is 18.5 Å². The van der Waals surface area contributed by atoms with Gasteiger partial charge >= 0.3 is 12.0 Å². The van der Waals surface area contributed by atoms with E-state index in [0.29, 0.717) is 24.4 Å². The van der Waals surface area contributed by atoms with Crippen LogP contribution in [0, 0.1) is 0 Å².